The van der Waals surface area contributed by atoms with Crippen LogP contribution in [0.5, 0.6) is 0 Å². The third kappa shape index (κ3) is 4.40. The zero-order chi connectivity index (χ0) is 12.8. The maximum absolute atomic E-state index is 13.5. The van der Waals surface area contributed by atoms with Gasteiger partial charge in [-0.1, -0.05) is 37.3 Å². The van der Waals surface area contributed by atoms with Crippen molar-refractivity contribution in [1.29, 1.82) is 0 Å². The van der Waals surface area contributed by atoms with E-state index in [9.17, 15) is 4.39 Å². The van der Waals surface area contributed by atoms with E-state index >= 15 is 0 Å². The van der Waals surface area contributed by atoms with Gasteiger partial charge >= 0.3 is 0 Å². The minimum atomic E-state index is -0.162. The molecule has 1 aromatic carbocycles. The molecule has 0 aromatic heterocycles. The Morgan fingerprint density at radius 1 is 1.47 bits per heavy atom. The van der Waals surface area contributed by atoms with Gasteiger partial charge in [-0.15, -0.1) is 0 Å². The van der Waals surface area contributed by atoms with Crippen LogP contribution in [0.15, 0.2) is 24.3 Å². The number of halogens is 1. The molecule has 0 spiro atoms. The van der Waals surface area contributed by atoms with E-state index in [4.69, 9.17) is 18.0 Å². The summed E-state index contributed by atoms with van der Waals surface area (Å²) in [7, 11) is 1.97. The molecule has 2 N–H and O–H groups in total. The first-order valence-corrected chi connectivity index (χ1v) is 6.17. The van der Waals surface area contributed by atoms with Crippen molar-refractivity contribution >= 4 is 17.2 Å². The van der Waals surface area contributed by atoms with Gasteiger partial charge in [-0.05, 0) is 19.5 Å². The summed E-state index contributed by atoms with van der Waals surface area (Å²) in [5.41, 5.74) is 6.27. The second-order valence-corrected chi connectivity index (χ2v) is 4.76. The molecule has 2 nitrogen and oxygen atoms in total. The van der Waals surface area contributed by atoms with Gasteiger partial charge in [-0.25, -0.2) is 4.39 Å². The summed E-state index contributed by atoms with van der Waals surface area (Å²) < 4.78 is 13.5. The molecule has 1 atom stereocenters. The lowest BCUT2D eigenvalue weighted by Crippen LogP contribution is -2.34. The molecule has 94 valence electrons. The highest BCUT2D eigenvalue weighted by atomic mass is 32.1. The van der Waals surface area contributed by atoms with Crippen molar-refractivity contribution in [2.75, 3.05) is 7.05 Å². The number of rotatable bonds is 6. The van der Waals surface area contributed by atoms with Gasteiger partial charge in [0.05, 0.1) is 4.99 Å². The predicted octanol–water partition coefficient (Wildman–Crippen LogP) is 2.71. The van der Waals surface area contributed by atoms with E-state index in [1.165, 1.54) is 6.07 Å². The molecule has 1 aromatic rings. The molecule has 0 aliphatic rings. The first-order valence-electron chi connectivity index (χ1n) is 5.76. The standard InChI is InChI=1S/C13H19FN2S/c1-3-11(8-13(15)17)16(2)9-10-6-4-5-7-12(10)14/h4-7,11H,3,8-9H2,1-2H3,(H2,15,17). The van der Waals surface area contributed by atoms with Crippen molar-refractivity contribution in [3.63, 3.8) is 0 Å². The minimum Gasteiger partial charge on any atom is -0.393 e. The van der Waals surface area contributed by atoms with Crippen LogP contribution in [0.3, 0.4) is 0 Å². The van der Waals surface area contributed by atoms with E-state index in [2.05, 4.69) is 11.8 Å². The lowest BCUT2D eigenvalue weighted by atomic mass is 10.1. The molecule has 0 aliphatic heterocycles. The highest BCUT2D eigenvalue weighted by Crippen LogP contribution is 2.14. The van der Waals surface area contributed by atoms with Gasteiger partial charge in [-0.3, -0.25) is 4.90 Å². The van der Waals surface area contributed by atoms with E-state index in [-0.39, 0.29) is 11.9 Å². The van der Waals surface area contributed by atoms with Crippen LogP contribution >= 0.6 is 12.2 Å². The van der Waals surface area contributed by atoms with Gasteiger partial charge in [0.25, 0.3) is 0 Å². The van der Waals surface area contributed by atoms with E-state index < -0.39 is 0 Å². The van der Waals surface area contributed by atoms with E-state index in [0.29, 0.717) is 23.5 Å². The maximum Gasteiger partial charge on any atom is 0.127 e. The van der Waals surface area contributed by atoms with Crippen LogP contribution < -0.4 is 5.73 Å². The SMILES string of the molecule is CCC(CC(N)=S)N(C)Cc1ccccc1F. The third-order valence-electron chi connectivity index (χ3n) is 2.91. The lowest BCUT2D eigenvalue weighted by Gasteiger charge is -2.27. The molecule has 0 saturated heterocycles. The summed E-state index contributed by atoms with van der Waals surface area (Å²) in [6, 6.07) is 7.11. The van der Waals surface area contributed by atoms with Crippen molar-refractivity contribution in [1.82, 2.24) is 4.90 Å². The summed E-state index contributed by atoms with van der Waals surface area (Å²) in [4.78, 5) is 2.61. The maximum atomic E-state index is 13.5. The molecular weight excluding hydrogens is 235 g/mol. The number of benzene rings is 1. The molecule has 1 unspecified atom stereocenters. The topological polar surface area (TPSA) is 29.3 Å². The van der Waals surface area contributed by atoms with Crippen LogP contribution in [0.1, 0.15) is 25.3 Å². The molecule has 1 rings (SSSR count). The van der Waals surface area contributed by atoms with Crippen LogP contribution in [0.25, 0.3) is 0 Å². The van der Waals surface area contributed by atoms with E-state index in [1.54, 1.807) is 12.1 Å². The molecule has 0 radical (unpaired) electrons. The smallest absolute Gasteiger partial charge is 0.127 e. The van der Waals surface area contributed by atoms with Gasteiger partial charge in [0.15, 0.2) is 0 Å². The summed E-state index contributed by atoms with van der Waals surface area (Å²) >= 11 is 4.92. The molecule has 0 aliphatic carbocycles. The molecule has 0 fully saturated rings. The third-order valence-corrected chi connectivity index (χ3v) is 3.08. The molecule has 0 bridgehead atoms. The van der Waals surface area contributed by atoms with Crippen molar-refractivity contribution in [2.24, 2.45) is 5.73 Å². The Hall–Kier alpha value is -1.00. The molecular formula is C13H19FN2S. The Labute approximate surface area is 108 Å². The largest absolute Gasteiger partial charge is 0.393 e. The lowest BCUT2D eigenvalue weighted by molar-refractivity contribution is 0.230. The van der Waals surface area contributed by atoms with Crippen LogP contribution in [-0.2, 0) is 6.54 Å². The monoisotopic (exact) mass is 254 g/mol. The van der Waals surface area contributed by atoms with Gasteiger partial charge in [0.2, 0.25) is 0 Å². The second-order valence-electron chi connectivity index (χ2n) is 4.24. The van der Waals surface area contributed by atoms with Crippen LogP contribution in [-0.4, -0.2) is 23.0 Å². The van der Waals surface area contributed by atoms with Crippen molar-refractivity contribution in [3.05, 3.63) is 35.6 Å². The van der Waals surface area contributed by atoms with Crippen LogP contribution in [0, 0.1) is 5.82 Å². The Balaban J connectivity index is 2.67. The quantitative estimate of drug-likeness (QED) is 0.791. The number of nitrogens with zero attached hydrogens (tertiary/aromatic N) is 1. The van der Waals surface area contributed by atoms with Gasteiger partial charge in [-0.2, -0.15) is 0 Å². The summed E-state index contributed by atoms with van der Waals surface area (Å²) in [5, 5.41) is 0. The first-order chi connectivity index (χ1) is 8.04. The average Bonchev–Trinajstić information content (AvgIpc) is 2.28. The zero-order valence-electron chi connectivity index (χ0n) is 10.3. The number of hydrogen-bond donors (Lipinski definition) is 1. The van der Waals surface area contributed by atoms with Crippen molar-refractivity contribution in [2.45, 2.75) is 32.4 Å². The molecule has 0 heterocycles. The van der Waals surface area contributed by atoms with Gasteiger partial charge in [0.1, 0.15) is 5.82 Å². The van der Waals surface area contributed by atoms with E-state index in [1.807, 2.05) is 13.1 Å². The summed E-state index contributed by atoms with van der Waals surface area (Å²) in [6.45, 7) is 2.66. The first kappa shape index (κ1) is 14.1. The average molecular weight is 254 g/mol. The molecule has 4 heteroatoms. The van der Waals surface area contributed by atoms with Crippen molar-refractivity contribution in [3.8, 4) is 0 Å². The highest BCUT2D eigenvalue weighted by Gasteiger charge is 2.15. The van der Waals surface area contributed by atoms with Crippen molar-refractivity contribution < 1.29 is 4.39 Å². The predicted molar refractivity (Wildman–Crippen MR) is 73.3 cm³/mol. The summed E-state index contributed by atoms with van der Waals surface area (Å²) in [5.74, 6) is -0.162. The zero-order valence-corrected chi connectivity index (χ0v) is 11.1. The van der Waals surface area contributed by atoms with Crippen LogP contribution in [0.2, 0.25) is 0 Å². The Bertz CT molecular complexity index is 381. The number of nitrogens with two attached hydrogens (primary N) is 1. The fourth-order valence-corrected chi connectivity index (χ4v) is 2.06. The van der Waals surface area contributed by atoms with Gasteiger partial charge in [0, 0.05) is 24.6 Å². The van der Waals surface area contributed by atoms with Crippen LogP contribution in [0.4, 0.5) is 4.39 Å². The minimum absolute atomic E-state index is 0.162. The number of thiocarbonyl (C=S) groups is 1. The highest BCUT2D eigenvalue weighted by molar-refractivity contribution is 7.80. The molecule has 17 heavy (non-hydrogen) atoms. The molecule has 0 amide bonds. The fraction of sp³-hybridized carbons (Fsp3) is 0.462. The van der Waals surface area contributed by atoms with E-state index in [0.717, 1.165) is 6.42 Å². The Morgan fingerprint density at radius 3 is 2.65 bits per heavy atom. The summed E-state index contributed by atoms with van der Waals surface area (Å²) in [6.07, 6.45) is 1.62. The second kappa shape index (κ2) is 6.67. The Morgan fingerprint density at radius 2 is 2.12 bits per heavy atom. The normalized spacial score (nSPS) is 12.7. The van der Waals surface area contributed by atoms with Gasteiger partial charge < -0.3 is 5.73 Å². The molecule has 0 saturated carbocycles. The fourth-order valence-electron chi connectivity index (χ4n) is 1.87. The Kier molecular flexibility index (Phi) is 5.51. The number of hydrogen-bond acceptors (Lipinski definition) is 2.